The Hall–Kier alpha value is -1.80. The number of aliphatic carboxylic acids is 1. The van der Waals surface area contributed by atoms with Crippen molar-refractivity contribution in [1.29, 1.82) is 0 Å². The Balaban J connectivity index is 3.29. The third-order valence-electron chi connectivity index (χ3n) is 2.16. The number of carboxylic acids is 1. The molecule has 0 aromatic heterocycles. The molecule has 104 valence electrons. The third kappa shape index (κ3) is 3.58. The van der Waals surface area contributed by atoms with E-state index < -0.39 is 39.1 Å². The molecule has 0 saturated heterocycles. The van der Waals surface area contributed by atoms with Gasteiger partial charge in [-0.3, -0.25) is 4.79 Å². The lowest BCUT2D eigenvalue weighted by molar-refractivity contribution is -0.137. The number of hydrogen-bond acceptors (Lipinski definition) is 3. The average molecular weight is 291 g/mol. The van der Waals surface area contributed by atoms with Crippen LogP contribution >= 0.6 is 0 Å². The lowest BCUT2D eigenvalue weighted by Gasteiger charge is -2.18. The normalized spacial score (nSPS) is 11.5. The van der Waals surface area contributed by atoms with Crippen molar-refractivity contribution in [1.82, 2.24) is 4.31 Å². The summed E-state index contributed by atoms with van der Waals surface area (Å²) in [6.07, 6.45) is 1.15. The van der Waals surface area contributed by atoms with E-state index in [9.17, 15) is 22.0 Å². The third-order valence-corrected chi connectivity index (χ3v) is 3.98. The summed E-state index contributed by atoms with van der Waals surface area (Å²) in [6.45, 7) is 2.09. The number of carbonyl (C=O) groups is 1. The van der Waals surface area contributed by atoms with Gasteiger partial charge in [0.2, 0.25) is 10.0 Å². The Labute approximate surface area is 108 Å². The Kier molecular flexibility index (Phi) is 4.73. The summed E-state index contributed by atoms with van der Waals surface area (Å²) in [7, 11) is -4.45. The van der Waals surface area contributed by atoms with Gasteiger partial charge in [-0.25, -0.2) is 17.2 Å². The smallest absolute Gasteiger partial charge is 0.318 e. The van der Waals surface area contributed by atoms with Crippen LogP contribution in [0.15, 0.2) is 35.7 Å². The molecule has 19 heavy (non-hydrogen) atoms. The van der Waals surface area contributed by atoms with Crippen LogP contribution in [0.1, 0.15) is 0 Å². The van der Waals surface area contributed by atoms with Crippen LogP contribution in [0, 0.1) is 11.6 Å². The van der Waals surface area contributed by atoms with Gasteiger partial charge < -0.3 is 5.11 Å². The first-order chi connectivity index (χ1) is 8.78. The van der Waals surface area contributed by atoms with E-state index in [0.717, 1.165) is 12.1 Å². The quantitative estimate of drug-likeness (QED) is 0.800. The molecule has 0 amide bonds. The van der Waals surface area contributed by atoms with E-state index in [1.54, 1.807) is 0 Å². The van der Waals surface area contributed by atoms with Crippen LogP contribution in [-0.4, -0.2) is 36.9 Å². The second-order valence-corrected chi connectivity index (χ2v) is 5.46. The first kappa shape index (κ1) is 15.3. The van der Waals surface area contributed by atoms with Crippen molar-refractivity contribution in [3.8, 4) is 0 Å². The SMILES string of the molecule is C=CCN(CC(=O)O)S(=O)(=O)c1cc(F)ccc1F. The number of benzene rings is 1. The Bertz CT molecular complexity index is 601. The van der Waals surface area contributed by atoms with E-state index in [1.165, 1.54) is 0 Å². The van der Waals surface area contributed by atoms with Gasteiger partial charge >= 0.3 is 5.97 Å². The molecule has 0 aliphatic carbocycles. The largest absolute Gasteiger partial charge is 0.480 e. The summed E-state index contributed by atoms with van der Waals surface area (Å²) in [4.78, 5) is 9.70. The summed E-state index contributed by atoms with van der Waals surface area (Å²) in [5, 5.41) is 8.64. The van der Waals surface area contributed by atoms with Gasteiger partial charge in [0.05, 0.1) is 0 Å². The van der Waals surface area contributed by atoms with E-state index in [1.807, 2.05) is 0 Å². The van der Waals surface area contributed by atoms with Crippen molar-refractivity contribution in [3.63, 3.8) is 0 Å². The zero-order chi connectivity index (χ0) is 14.6. The molecule has 8 heteroatoms. The van der Waals surface area contributed by atoms with Crippen LogP contribution in [0.2, 0.25) is 0 Å². The van der Waals surface area contributed by atoms with Crippen LogP contribution < -0.4 is 0 Å². The lowest BCUT2D eigenvalue weighted by atomic mass is 10.3. The van der Waals surface area contributed by atoms with E-state index in [0.29, 0.717) is 16.4 Å². The van der Waals surface area contributed by atoms with Crippen molar-refractivity contribution in [3.05, 3.63) is 42.5 Å². The van der Waals surface area contributed by atoms with Crippen LogP contribution in [0.5, 0.6) is 0 Å². The van der Waals surface area contributed by atoms with E-state index in [2.05, 4.69) is 6.58 Å². The van der Waals surface area contributed by atoms with Crippen molar-refractivity contribution in [2.45, 2.75) is 4.90 Å². The standard InChI is InChI=1S/C11H11F2NO4S/c1-2-5-14(7-11(15)16)19(17,18)10-6-8(12)3-4-9(10)13/h2-4,6H,1,5,7H2,(H,15,16). The molecule has 0 radical (unpaired) electrons. The summed E-state index contributed by atoms with van der Waals surface area (Å²) in [5.41, 5.74) is 0. The molecule has 0 heterocycles. The zero-order valence-corrected chi connectivity index (χ0v) is 10.5. The van der Waals surface area contributed by atoms with Crippen molar-refractivity contribution < 1.29 is 27.1 Å². The highest BCUT2D eigenvalue weighted by molar-refractivity contribution is 7.89. The van der Waals surface area contributed by atoms with Crippen LogP contribution in [0.4, 0.5) is 8.78 Å². The lowest BCUT2D eigenvalue weighted by Crippen LogP contribution is -2.36. The topological polar surface area (TPSA) is 74.7 Å². The number of hydrogen-bond donors (Lipinski definition) is 1. The van der Waals surface area contributed by atoms with E-state index in [4.69, 9.17) is 5.11 Å². The van der Waals surface area contributed by atoms with Gasteiger partial charge in [-0.1, -0.05) is 6.08 Å². The summed E-state index contributed by atoms with van der Waals surface area (Å²) in [6, 6.07) is 1.93. The predicted octanol–water partition coefficient (Wildman–Crippen LogP) is 1.23. The van der Waals surface area contributed by atoms with Gasteiger partial charge in [-0.2, -0.15) is 4.31 Å². The highest BCUT2D eigenvalue weighted by atomic mass is 32.2. The van der Waals surface area contributed by atoms with Gasteiger partial charge in [-0.15, -0.1) is 6.58 Å². The van der Waals surface area contributed by atoms with Crippen LogP contribution in [0.3, 0.4) is 0 Å². The number of halogens is 2. The Morgan fingerprint density at radius 3 is 2.58 bits per heavy atom. The fourth-order valence-corrected chi connectivity index (χ4v) is 2.79. The molecular formula is C11H11F2NO4S. The fraction of sp³-hybridized carbons (Fsp3) is 0.182. The first-order valence-electron chi connectivity index (χ1n) is 5.07. The van der Waals surface area contributed by atoms with E-state index in [-0.39, 0.29) is 6.54 Å². The van der Waals surface area contributed by atoms with E-state index >= 15 is 0 Å². The van der Waals surface area contributed by atoms with Gasteiger partial charge in [0.15, 0.2) is 0 Å². The van der Waals surface area contributed by atoms with Crippen molar-refractivity contribution in [2.75, 3.05) is 13.1 Å². The van der Waals surface area contributed by atoms with Crippen molar-refractivity contribution >= 4 is 16.0 Å². The number of sulfonamides is 1. The first-order valence-corrected chi connectivity index (χ1v) is 6.51. The van der Waals surface area contributed by atoms with Gasteiger partial charge in [0.25, 0.3) is 0 Å². The van der Waals surface area contributed by atoms with Gasteiger partial charge in [0, 0.05) is 6.54 Å². The Morgan fingerprint density at radius 1 is 1.42 bits per heavy atom. The minimum atomic E-state index is -4.45. The van der Waals surface area contributed by atoms with Crippen molar-refractivity contribution in [2.24, 2.45) is 0 Å². The van der Waals surface area contributed by atoms with Gasteiger partial charge in [0.1, 0.15) is 23.1 Å². The maximum atomic E-state index is 13.5. The molecule has 1 rings (SSSR count). The fourth-order valence-electron chi connectivity index (χ4n) is 1.36. The summed E-state index contributed by atoms with van der Waals surface area (Å²) >= 11 is 0. The molecule has 1 aromatic carbocycles. The predicted molar refractivity (Wildman–Crippen MR) is 62.9 cm³/mol. The monoisotopic (exact) mass is 291 g/mol. The van der Waals surface area contributed by atoms with Gasteiger partial charge in [-0.05, 0) is 18.2 Å². The highest BCUT2D eigenvalue weighted by Crippen LogP contribution is 2.20. The second kappa shape index (κ2) is 5.89. The van der Waals surface area contributed by atoms with Crippen LogP contribution in [-0.2, 0) is 14.8 Å². The molecule has 0 fully saturated rings. The summed E-state index contributed by atoms with van der Waals surface area (Å²) < 4.78 is 51.0. The number of nitrogens with zero attached hydrogens (tertiary/aromatic N) is 1. The van der Waals surface area contributed by atoms with Crippen LogP contribution in [0.25, 0.3) is 0 Å². The molecule has 0 aliphatic heterocycles. The maximum absolute atomic E-state index is 13.5. The highest BCUT2D eigenvalue weighted by Gasteiger charge is 2.28. The molecular weight excluding hydrogens is 280 g/mol. The Morgan fingerprint density at radius 2 is 2.05 bits per heavy atom. The minimum absolute atomic E-state index is 0.329. The molecule has 1 aromatic rings. The molecule has 0 spiro atoms. The molecule has 0 bridgehead atoms. The number of rotatable bonds is 6. The number of carboxylic acid groups (broad SMARTS) is 1. The zero-order valence-electron chi connectivity index (χ0n) is 9.71. The molecule has 0 aliphatic rings. The second-order valence-electron chi connectivity index (χ2n) is 3.55. The molecule has 0 unspecified atom stereocenters. The molecule has 0 saturated carbocycles. The summed E-state index contributed by atoms with van der Waals surface area (Å²) in [5.74, 6) is -3.50. The molecule has 1 N–H and O–H groups in total. The minimum Gasteiger partial charge on any atom is -0.480 e. The average Bonchev–Trinajstić information content (AvgIpc) is 2.31. The molecule has 5 nitrogen and oxygen atoms in total. The molecule has 0 atom stereocenters. The maximum Gasteiger partial charge on any atom is 0.318 e.